The standard InChI is InChI=1S/C36H32F7IN4O2/c1-5-20-8-7-9-21(6-2)29(20)48-30(24-12-13-28(37)31-25(24)14-15-47(31)33(49)50-19-44)26-18-46(34(3,4)32(26)45-48)17-22-10-11-23(35(38,39)40)16-27(22)36(41,42)43/h7-16H,5-6,17-19H2,1-4H3. The molecule has 0 saturated heterocycles. The summed E-state index contributed by atoms with van der Waals surface area (Å²) in [5, 5.41) is 5.52. The van der Waals surface area contributed by atoms with Crippen LogP contribution < -0.4 is 0 Å². The molecule has 14 heteroatoms. The van der Waals surface area contributed by atoms with Gasteiger partial charge >= 0.3 is 18.4 Å². The molecule has 3 heterocycles. The lowest BCUT2D eigenvalue weighted by Crippen LogP contribution is -2.36. The van der Waals surface area contributed by atoms with Crippen molar-refractivity contribution in [2.45, 2.75) is 71.5 Å². The van der Waals surface area contributed by atoms with Crippen LogP contribution in [0.25, 0.3) is 27.8 Å². The number of ether oxygens (including phenoxy) is 1. The largest absolute Gasteiger partial charge is 0.438 e. The highest BCUT2D eigenvalue weighted by atomic mass is 127. The zero-order chi connectivity index (χ0) is 36.3. The van der Waals surface area contributed by atoms with Crippen LogP contribution in [0.5, 0.6) is 0 Å². The van der Waals surface area contributed by atoms with Crippen molar-refractivity contribution in [3.8, 4) is 16.9 Å². The van der Waals surface area contributed by atoms with Gasteiger partial charge in [0.1, 0.15) is 10.4 Å². The van der Waals surface area contributed by atoms with Crippen molar-refractivity contribution >= 4 is 39.6 Å². The van der Waals surface area contributed by atoms with E-state index in [0.717, 1.165) is 27.4 Å². The summed E-state index contributed by atoms with van der Waals surface area (Å²) in [4.78, 5) is 14.5. The van der Waals surface area contributed by atoms with Crippen LogP contribution in [-0.2, 0) is 48.6 Å². The topological polar surface area (TPSA) is 52.3 Å². The Balaban J connectivity index is 1.57. The number of para-hydroxylation sites is 1. The second-order valence-electron chi connectivity index (χ2n) is 12.6. The number of alkyl halides is 7. The van der Waals surface area contributed by atoms with E-state index in [9.17, 15) is 31.1 Å². The van der Waals surface area contributed by atoms with Crippen LogP contribution in [0.4, 0.5) is 35.5 Å². The molecule has 0 saturated carbocycles. The molecule has 0 amide bonds. The molecule has 3 aromatic carbocycles. The number of carbonyl (C=O) groups excluding carboxylic acids is 1. The predicted molar refractivity (Wildman–Crippen MR) is 183 cm³/mol. The minimum atomic E-state index is -5.03. The summed E-state index contributed by atoms with van der Waals surface area (Å²) in [7, 11) is 0. The van der Waals surface area contributed by atoms with Gasteiger partial charge in [-0.15, -0.1) is 0 Å². The third kappa shape index (κ3) is 6.07. The van der Waals surface area contributed by atoms with Gasteiger partial charge in [0.2, 0.25) is 0 Å². The first kappa shape index (κ1) is 35.9. The maximum Gasteiger partial charge on any atom is 0.419 e. The molecule has 50 heavy (non-hydrogen) atoms. The van der Waals surface area contributed by atoms with Gasteiger partial charge in [0.15, 0.2) is 0 Å². The molecule has 0 unspecified atom stereocenters. The van der Waals surface area contributed by atoms with Gasteiger partial charge in [-0.05, 0) is 96.3 Å². The number of carbonyl (C=O) groups is 1. The highest BCUT2D eigenvalue weighted by Gasteiger charge is 2.45. The van der Waals surface area contributed by atoms with Crippen LogP contribution in [-0.4, -0.2) is 30.0 Å². The van der Waals surface area contributed by atoms with E-state index in [1.165, 1.54) is 12.3 Å². The normalized spacial score (nSPS) is 14.8. The van der Waals surface area contributed by atoms with E-state index in [1.807, 2.05) is 59.3 Å². The van der Waals surface area contributed by atoms with Crippen molar-refractivity contribution in [3.63, 3.8) is 0 Å². The van der Waals surface area contributed by atoms with Crippen LogP contribution >= 0.6 is 22.6 Å². The van der Waals surface area contributed by atoms with Crippen molar-refractivity contribution in [2.24, 2.45) is 0 Å². The van der Waals surface area contributed by atoms with Crippen molar-refractivity contribution in [3.05, 3.63) is 106 Å². The van der Waals surface area contributed by atoms with Crippen molar-refractivity contribution in [1.29, 1.82) is 0 Å². The second kappa shape index (κ2) is 13.0. The number of fused-ring (bicyclic) bond motifs is 2. The molecule has 0 bridgehead atoms. The van der Waals surface area contributed by atoms with E-state index in [1.54, 1.807) is 30.9 Å². The molecule has 5 aromatic rings. The zero-order valence-corrected chi connectivity index (χ0v) is 29.6. The van der Waals surface area contributed by atoms with Gasteiger partial charge in [0.25, 0.3) is 0 Å². The molecule has 264 valence electrons. The molecule has 0 fully saturated rings. The number of rotatable bonds is 7. The molecule has 0 N–H and O–H groups in total. The molecule has 1 aliphatic rings. The fourth-order valence-electron chi connectivity index (χ4n) is 6.86. The number of hydrogen-bond acceptors (Lipinski definition) is 4. The van der Waals surface area contributed by atoms with E-state index in [2.05, 4.69) is 0 Å². The number of aromatic nitrogens is 3. The third-order valence-corrected chi connectivity index (χ3v) is 9.72. The SMILES string of the molecule is CCc1cccc(CC)c1-n1nc2c(c1-c1ccc(F)c3c1ccn3C(=O)OCI)CN(Cc1ccc(C(F)(F)F)cc1C(F)(F)F)C2(C)C. The van der Waals surface area contributed by atoms with Gasteiger partial charge in [-0.2, -0.15) is 31.4 Å². The highest BCUT2D eigenvalue weighted by molar-refractivity contribution is 14.1. The lowest BCUT2D eigenvalue weighted by molar-refractivity contribution is -0.143. The molecule has 0 radical (unpaired) electrons. The summed E-state index contributed by atoms with van der Waals surface area (Å²) in [5.41, 5.74) is 1.09. The smallest absolute Gasteiger partial charge is 0.419 e. The molecule has 1 aliphatic heterocycles. The Hall–Kier alpha value is -3.92. The summed E-state index contributed by atoms with van der Waals surface area (Å²) in [5.74, 6) is -0.658. The summed E-state index contributed by atoms with van der Waals surface area (Å²) in [6.45, 7) is 7.40. The fourth-order valence-corrected chi connectivity index (χ4v) is 7.13. The van der Waals surface area contributed by atoms with Gasteiger partial charge < -0.3 is 4.74 Å². The van der Waals surface area contributed by atoms with Crippen molar-refractivity contribution < 1.29 is 40.3 Å². The Morgan fingerprint density at radius 3 is 2.22 bits per heavy atom. The van der Waals surface area contributed by atoms with E-state index >= 15 is 4.39 Å². The summed E-state index contributed by atoms with van der Waals surface area (Å²) in [6.07, 6.45) is -8.00. The second-order valence-corrected chi connectivity index (χ2v) is 13.2. The third-order valence-electron chi connectivity index (χ3n) is 9.41. The number of halogens is 8. The first-order chi connectivity index (χ1) is 23.5. The maximum atomic E-state index is 15.5. The van der Waals surface area contributed by atoms with Crippen LogP contribution in [0.1, 0.15) is 66.8 Å². The molecule has 2 aromatic heterocycles. The van der Waals surface area contributed by atoms with Crippen LogP contribution in [0.2, 0.25) is 0 Å². The van der Waals surface area contributed by atoms with Gasteiger partial charge in [-0.25, -0.2) is 18.4 Å². The zero-order valence-electron chi connectivity index (χ0n) is 27.4. The molecule has 6 nitrogen and oxygen atoms in total. The molecule has 0 aliphatic carbocycles. The Bertz CT molecular complexity index is 2090. The monoisotopic (exact) mass is 812 g/mol. The Labute approximate surface area is 297 Å². The van der Waals surface area contributed by atoms with Crippen molar-refractivity contribution in [2.75, 3.05) is 4.61 Å². The van der Waals surface area contributed by atoms with Gasteiger partial charge in [-0.1, -0.05) is 38.1 Å². The maximum absolute atomic E-state index is 15.5. The van der Waals surface area contributed by atoms with E-state index < -0.39 is 40.9 Å². The van der Waals surface area contributed by atoms with E-state index in [4.69, 9.17) is 9.84 Å². The number of nitrogens with zero attached hydrogens (tertiary/aromatic N) is 4. The van der Waals surface area contributed by atoms with Crippen LogP contribution in [0, 0.1) is 5.82 Å². The molecule has 6 rings (SSSR count). The van der Waals surface area contributed by atoms with Gasteiger partial charge in [0, 0.05) is 35.8 Å². The number of hydrogen-bond donors (Lipinski definition) is 0. The summed E-state index contributed by atoms with van der Waals surface area (Å²) in [6, 6.07) is 12.1. The number of benzene rings is 3. The van der Waals surface area contributed by atoms with Gasteiger partial charge in [-0.3, -0.25) is 4.90 Å². The van der Waals surface area contributed by atoms with Crippen LogP contribution in [0.3, 0.4) is 0 Å². The molecule has 0 atom stereocenters. The molecular formula is C36H32F7IN4O2. The average molecular weight is 813 g/mol. The fraction of sp³-hybridized carbons (Fsp3) is 0.333. The Kier molecular flexibility index (Phi) is 9.33. The van der Waals surface area contributed by atoms with E-state index in [0.29, 0.717) is 46.8 Å². The molecule has 0 spiro atoms. The predicted octanol–water partition coefficient (Wildman–Crippen LogP) is 10.4. The first-order valence-electron chi connectivity index (χ1n) is 15.8. The first-order valence-corrected chi connectivity index (χ1v) is 17.3. The Morgan fingerprint density at radius 1 is 0.940 bits per heavy atom. The minimum Gasteiger partial charge on any atom is -0.438 e. The van der Waals surface area contributed by atoms with Gasteiger partial charge in [0.05, 0.1) is 39.3 Å². The summed E-state index contributed by atoms with van der Waals surface area (Å²) >= 11 is 1.86. The van der Waals surface area contributed by atoms with Crippen molar-refractivity contribution in [1.82, 2.24) is 19.2 Å². The average Bonchev–Trinajstić information content (AvgIpc) is 3.73. The lowest BCUT2D eigenvalue weighted by atomic mass is 9.96. The number of aryl methyl sites for hydroxylation is 2. The van der Waals surface area contributed by atoms with E-state index in [-0.39, 0.29) is 34.8 Å². The Morgan fingerprint density at radius 2 is 1.62 bits per heavy atom. The highest BCUT2D eigenvalue weighted by Crippen LogP contribution is 2.47. The molecular weight excluding hydrogens is 780 g/mol. The summed E-state index contributed by atoms with van der Waals surface area (Å²) < 4.78 is 106. The minimum absolute atomic E-state index is 0.00738. The lowest BCUT2D eigenvalue weighted by Gasteiger charge is -2.33. The van der Waals surface area contributed by atoms with Crippen LogP contribution in [0.15, 0.2) is 60.8 Å². The quantitative estimate of drug-likeness (QED) is 0.0933.